The molecule has 2 fully saturated rings. The average Bonchev–Trinajstić information content (AvgIpc) is 2.54. The van der Waals surface area contributed by atoms with Crippen molar-refractivity contribution < 1.29 is 27.8 Å². The van der Waals surface area contributed by atoms with Gasteiger partial charge < -0.3 is 9.84 Å². The van der Waals surface area contributed by atoms with Gasteiger partial charge in [-0.15, -0.1) is 0 Å². The highest BCUT2D eigenvalue weighted by atomic mass is 19.4. The summed E-state index contributed by atoms with van der Waals surface area (Å²) >= 11 is 0. The molecule has 98 valence electrons. The fraction of sp³-hybridized carbons (Fsp3) is 0.909. The molecule has 5 atom stereocenters. The maximum Gasteiger partial charge on any atom is 0.391 e. The molecule has 2 rings (SSSR count). The maximum atomic E-state index is 12.7. The van der Waals surface area contributed by atoms with E-state index in [4.69, 9.17) is 9.84 Å². The number of alkyl halides is 3. The minimum absolute atomic E-state index is 0.0950. The molecule has 0 unspecified atom stereocenters. The molecule has 0 aromatic rings. The van der Waals surface area contributed by atoms with E-state index in [1.807, 2.05) is 0 Å². The molecule has 0 amide bonds. The molecule has 1 saturated carbocycles. The summed E-state index contributed by atoms with van der Waals surface area (Å²) in [5.41, 5.74) is 0. The Labute approximate surface area is 96.9 Å². The van der Waals surface area contributed by atoms with Crippen LogP contribution in [0, 0.1) is 17.8 Å². The largest absolute Gasteiger partial charge is 0.481 e. The highest BCUT2D eigenvalue weighted by Crippen LogP contribution is 2.48. The third-order valence-electron chi connectivity index (χ3n) is 3.84. The molecule has 1 saturated heterocycles. The van der Waals surface area contributed by atoms with E-state index in [0.29, 0.717) is 6.42 Å². The average molecular weight is 252 g/mol. The lowest BCUT2D eigenvalue weighted by Gasteiger charge is -2.36. The van der Waals surface area contributed by atoms with Gasteiger partial charge in [0.1, 0.15) is 0 Å². The number of hydrogen-bond acceptors (Lipinski definition) is 2. The van der Waals surface area contributed by atoms with Gasteiger partial charge in [0.15, 0.2) is 0 Å². The molecule has 1 aliphatic heterocycles. The van der Waals surface area contributed by atoms with E-state index >= 15 is 0 Å². The molecule has 0 aromatic heterocycles. The third kappa shape index (κ3) is 2.41. The van der Waals surface area contributed by atoms with Crippen LogP contribution in [-0.2, 0) is 9.53 Å². The second kappa shape index (κ2) is 4.15. The molecule has 2 aliphatic rings. The molecule has 0 radical (unpaired) electrons. The Morgan fingerprint density at radius 3 is 2.47 bits per heavy atom. The number of rotatable bonds is 1. The lowest BCUT2D eigenvalue weighted by molar-refractivity contribution is -0.201. The van der Waals surface area contributed by atoms with Crippen LogP contribution in [0.1, 0.15) is 26.2 Å². The minimum Gasteiger partial charge on any atom is -0.481 e. The number of carbonyl (C=O) groups is 1. The molecular weight excluding hydrogens is 237 g/mol. The summed E-state index contributed by atoms with van der Waals surface area (Å²) in [5, 5.41) is 9.03. The molecule has 1 aliphatic carbocycles. The van der Waals surface area contributed by atoms with Crippen molar-refractivity contribution in [2.24, 2.45) is 17.8 Å². The second-order valence-corrected chi connectivity index (χ2v) is 5.04. The fourth-order valence-electron chi connectivity index (χ4n) is 3.05. The molecule has 17 heavy (non-hydrogen) atoms. The van der Waals surface area contributed by atoms with Crippen molar-refractivity contribution in [1.82, 2.24) is 0 Å². The monoisotopic (exact) mass is 252 g/mol. The van der Waals surface area contributed by atoms with Crippen molar-refractivity contribution in [1.29, 1.82) is 0 Å². The Hall–Kier alpha value is -0.780. The summed E-state index contributed by atoms with van der Waals surface area (Å²) < 4.78 is 43.5. The van der Waals surface area contributed by atoms with Gasteiger partial charge in [-0.05, 0) is 26.2 Å². The molecule has 0 spiro atoms. The van der Waals surface area contributed by atoms with Crippen molar-refractivity contribution in [2.45, 2.75) is 44.6 Å². The van der Waals surface area contributed by atoms with Crippen LogP contribution in [0.15, 0.2) is 0 Å². The van der Waals surface area contributed by atoms with Crippen molar-refractivity contribution in [3.05, 3.63) is 0 Å². The summed E-state index contributed by atoms with van der Waals surface area (Å²) in [6.07, 6.45) is -4.87. The SMILES string of the molecule is C[C@@H]1C[C@H]2[C@@H](C(=O)O)C[C@H](C(F)(F)F)C[C@H]2O1. The zero-order valence-corrected chi connectivity index (χ0v) is 9.41. The number of carboxylic acids is 1. The van der Waals surface area contributed by atoms with Gasteiger partial charge >= 0.3 is 12.1 Å². The van der Waals surface area contributed by atoms with Gasteiger partial charge in [-0.25, -0.2) is 0 Å². The van der Waals surface area contributed by atoms with E-state index in [-0.39, 0.29) is 24.9 Å². The number of halogens is 3. The Morgan fingerprint density at radius 1 is 1.29 bits per heavy atom. The smallest absolute Gasteiger partial charge is 0.391 e. The molecule has 0 bridgehead atoms. The first-order valence-electron chi connectivity index (χ1n) is 5.74. The molecule has 0 aromatic carbocycles. The minimum atomic E-state index is -4.33. The quantitative estimate of drug-likeness (QED) is 0.779. The van der Waals surface area contributed by atoms with Crippen LogP contribution < -0.4 is 0 Å². The Morgan fingerprint density at radius 2 is 1.94 bits per heavy atom. The normalized spacial score (nSPS) is 42.2. The molecule has 1 heterocycles. The van der Waals surface area contributed by atoms with Crippen LogP contribution in [0.3, 0.4) is 0 Å². The van der Waals surface area contributed by atoms with Gasteiger partial charge in [-0.1, -0.05) is 0 Å². The second-order valence-electron chi connectivity index (χ2n) is 5.04. The highest BCUT2D eigenvalue weighted by Gasteiger charge is 2.53. The van der Waals surface area contributed by atoms with E-state index in [1.54, 1.807) is 6.92 Å². The van der Waals surface area contributed by atoms with Crippen molar-refractivity contribution >= 4 is 5.97 Å². The summed E-state index contributed by atoms with van der Waals surface area (Å²) in [7, 11) is 0. The highest BCUT2D eigenvalue weighted by molar-refractivity contribution is 5.70. The predicted octanol–water partition coefficient (Wildman–Crippen LogP) is 2.45. The number of hydrogen-bond donors (Lipinski definition) is 1. The molecule has 6 heteroatoms. The fourth-order valence-corrected chi connectivity index (χ4v) is 3.05. The number of aliphatic carboxylic acids is 1. The van der Waals surface area contributed by atoms with E-state index in [9.17, 15) is 18.0 Å². The summed E-state index contributed by atoms with van der Waals surface area (Å²) in [4.78, 5) is 11.1. The van der Waals surface area contributed by atoms with Gasteiger partial charge in [0.2, 0.25) is 0 Å². The third-order valence-corrected chi connectivity index (χ3v) is 3.84. The first-order valence-corrected chi connectivity index (χ1v) is 5.74. The van der Waals surface area contributed by atoms with Crippen LogP contribution in [-0.4, -0.2) is 29.5 Å². The van der Waals surface area contributed by atoms with Crippen molar-refractivity contribution in [3.63, 3.8) is 0 Å². The van der Waals surface area contributed by atoms with Crippen LogP contribution in [0.25, 0.3) is 0 Å². The summed E-state index contributed by atoms with van der Waals surface area (Å²) in [6, 6.07) is 0. The van der Waals surface area contributed by atoms with Crippen LogP contribution >= 0.6 is 0 Å². The Balaban J connectivity index is 2.18. The van der Waals surface area contributed by atoms with Gasteiger partial charge in [0, 0.05) is 5.92 Å². The van der Waals surface area contributed by atoms with E-state index in [0.717, 1.165) is 0 Å². The first-order chi connectivity index (χ1) is 7.79. The number of carboxylic acid groups (broad SMARTS) is 1. The number of fused-ring (bicyclic) bond motifs is 1. The molecular formula is C11H15F3O3. The number of ether oxygens (including phenoxy) is 1. The summed E-state index contributed by atoms with van der Waals surface area (Å²) in [5.74, 6) is -3.87. The summed E-state index contributed by atoms with van der Waals surface area (Å²) in [6.45, 7) is 1.78. The van der Waals surface area contributed by atoms with E-state index in [1.165, 1.54) is 0 Å². The van der Waals surface area contributed by atoms with Gasteiger partial charge in [0.25, 0.3) is 0 Å². The lowest BCUT2D eigenvalue weighted by Crippen LogP contribution is -2.42. The Bertz CT molecular complexity index is 316. The zero-order valence-electron chi connectivity index (χ0n) is 9.41. The van der Waals surface area contributed by atoms with Crippen molar-refractivity contribution in [3.8, 4) is 0 Å². The first kappa shape index (κ1) is 12.7. The van der Waals surface area contributed by atoms with Gasteiger partial charge in [-0.3, -0.25) is 4.79 Å². The predicted molar refractivity (Wildman–Crippen MR) is 52.3 cm³/mol. The lowest BCUT2D eigenvalue weighted by atomic mass is 9.71. The molecule has 3 nitrogen and oxygen atoms in total. The van der Waals surface area contributed by atoms with Crippen LogP contribution in [0.5, 0.6) is 0 Å². The van der Waals surface area contributed by atoms with Gasteiger partial charge in [0.05, 0.1) is 24.0 Å². The maximum absolute atomic E-state index is 12.7. The van der Waals surface area contributed by atoms with E-state index in [2.05, 4.69) is 0 Å². The Kier molecular flexibility index (Phi) is 3.10. The molecule has 1 N–H and O–H groups in total. The topological polar surface area (TPSA) is 46.5 Å². The van der Waals surface area contributed by atoms with E-state index < -0.39 is 30.1 Å². The zero-order chi connectivity index (χ0) is 12.8. The van der Waals surface area contributed by atoms with Crippen molar-refractivity contribution in [2.75, 3.05) is 0 Å². The van der Waals surface area contributed by atoms with Crippen LogP contribution in [0.2, 0.25) is 0 Å². The standard InChI is InChI=1S/C11H15F3O3/c1-5-2-7-8(10(15)16)3-6(11(12,13)14)4-9(7)17-5/h5-9H,2-4H2,1H3,(H,15,16)/t5-,6+,7+,8+,9-/m1/s1. The van der Waals surface area contributed by atoms with Gasteiger partial charge in [-0.2, -0.15) is 13.2 Å². The van der Waals surface area contributed by atoms with Crippen LogP contribution in [0.4, 0.5) is 13.2 Å².